The lowest BCUT2D eigenvalue weighted by atomic mass is 10.2. The third-order valence-corrected chi connectivity index (χ3v) is 3.58. The topological polar surface area (TPSA) is 35.6 Å². The molecular formula is C12H23N3O. The molecule has 0 spiro atoms. The molecule has 2 heterocycles. The first-order valence-corrected chi connectivity index (χ1v) is 6.56. The minimum absolute atomic E-state index is 0.109. The maximum absolute atomic E-state index is 12.1. The van der Waals surface area contributed by atoms with Gasteiger partial charge in [0, 0.05) is 26.2 Å². The Morgan fingerprint density at radius 3 is 2.62 bits per heavy atom. The average Bonchev–Trinajstić information content (AvgIpc) is 2.83. The van der Waals surface area contributed by atoms with Gasteiger partial charge in [0.25, 0.3) is 0 Å². The summed E-state index contributed by atoms with van der Waals surface area (Å²) >= 11 is 0. The molecule has 2 aliphatic heterocycles. The molecule has 1 amide bonds. The van der Waals surface area contributed by atoms with Crippen molar-refractivity contribution in [3.8, 4) is 0 Å². The molecule has 4 nitrogen and oxygen atoms in total. The minimum Gasteiger partial charge on any atom is -0.339 e. The van der Waals surface area contributed by atoms with Crippen molar-refractivity contribution in [2.24, 2.45) is 0 Å². The van der Waals surface area contributed by atoms with Gasteiger partial charge in [0.15, 0.2) is 0 Å². The Balaban J connectivity index is 1.77. The van der Waals surface area contributed by atoms with E-state index < -0.39 is 0 Å². The van der Waals surface area contributed by atoms with Crippen LogP contribution in [-0.4, -0.2) is 61.0 Å². The van der Waals surface area contributed by atoms with Crippen LogP contribution in [0.5, 0.6) is 0 Å². The molecule has 0 unspecified atom stereocenters. The van der Waals surface area contributed by atoms with Gasteiger partial charge >= 0.3 is 0 Å². The Morgan fingerprint density at radius 1 is 1.31 bits per heavy atom. The predicted octanol–water partition coefficient (Wildman–Crippen LogP) is 0.293. The van der Waals surface area contributed by atoms with Gasteiger partial charge in [-0.25, -0.2) is 0 Å². The van der Waals surface area contributed by atoms with E-state index in [1.165, 1.54) is 13.0 Å². The number of carbonyl (C=O) groups is 1. The number of nitrogens with zero attached hydrogens (tertiary/aromatic N) is 2. The lowest BCUT2D eigenvalue weighted by molar-refractivity contribution is -0.134. The van der Waals surface area contributed by atoms with Crippen LogP contribution in [0.25, 0.3) is 0 Å². The molecule has 16 heavy (non-hydrogen) atoms. The zero-order chi connectivity index (χ0) is 11.4. The molecule has 0 aromatic rings. The maximum atomic E-state index is 12.1. The summed E-state index contributed by atoms with van der Waals surface area (Å²) in [5.74, 6) is 0.327. The van der Waals surface area contributed by atoms with Gasteiger partial charge in [0.1, 0.15) is 0 Å². The van der Waals surface area contributed by atoms with Crippen molar-refractivity contribution in [1.29, 1.82) is 0 Å². The lowest BCUT2D eigenvalue weighted by Gasteiger charge is -2.35. The second kappa shape index (κ2) is 5.64. The zero-order valence-corrected chi connectivity index (χ0v) is 10.2. The number of carbonyl (C=O) groups excluding carboxylic acids is 1. The van der Waals surface area contributed by atoms with Crippen LogP contribution in [0, 0.1) is 0 Å². The molecule has 1 N–H and O–H groups in total. The van der Waals surface area contributed by atoms with Crippen LogP contribution >= 0.6 is 0 Å². The summed E-state index contributed by atoms with van der Waals surface area (Å²) < 4.78 is 0. The Hall–Kier alpha value is -0.610. The van der Waals surface area contributed by atoms with E-state index in [-0.39, 0.29) is 6.04 Å². The highest BCUT2D eigenvalue weighted by atomic mass is 16.2. The Labute approximate surface area is 98.0 Å². The highest BCUT2D eigenvalue weighted by molar-refractivity contribution is 5.82. The van der Waals surface area contributed by atoms with Crippen molar-refractivity contribution in [3.63, 3.8) is 0 Å². The van der Waals surface area contributed by atoms with E-state index in [4.69, 9.17) is 0 Å². The summed E-state index contributed by atoms with van der Waals surface area (Å²) in [5, 5.41) is 3.29. The average molecular weight is 225 g/mol. The van der Waals surface area contributed by atoms with E-state index >= 15 is 0 Å². The van der Waals surface area contributed by atoms with Crippen molar-refractivity contribution in [2.75, 3.05) is 39.3 Å². The van der Waals surface area contributed by atoms with Crippen molar-refractivity contribution in [1.82, 2.24) is 15.1 Å². The molecule has 0 aliphatic carbocycles. The van der Waals surface area contributed by atoms with Gasteiger partial charge in [0.05, 0.1) is 6.04 Å². The summed E-state index contributed by atoms with van der Waals surface area (Å²) in [7, 11) is 0. The molecule has 0 aromatic carbocycles. The fraction of sp³-hybridized carbons (Fsp3) is 0.917. The third-order valence-electron chi connectivity index (χ3n) is 3.58. The molecule has 0 bridgehead atoms. The largest absolute Gasteiger partial charge is 0.339 e. The quantitative estimate of drug-likeness (QED) is 0.750. The van der Waals surface area contributed by atoms with E-state index in [0.29, 0.717) is 5.91 Å². The molecule has 2 aliphatic rings. The SMILES string of the molecule is CCCN1CCN(C(=O)[C@H]2CCCN2)CC1. The van der Waals surface area contributed by atoms with Crippen LogP contribution in [0.1, 0.15) is 26.2 Å². The molecule has 1 atom stereocenters. The van der Waals surface area contributed by atoms with E-state index in [1.807, 2.05) is 4.90 Å². The van der Waals surface area contributed by atoms with Crippen LogP contribution < -0.4 is 5.32 Å². The summed E-state index contributed by atoms with van der Waals surface area (Å²) in [5.41, 5.74) is 0. The van der Waals surface area contributed by atoms with Gasteiger partial charge in [-0.3, -0.25) is 9.69 Å². The highest BCUT2D eigenvalue weighted by Gasteiger charge is 2.28. The Bertz CT molecular complexity index is 230. The predicted molar refractivity (Wildman–Crippen MR) is 64.3 cm³/mol. The Morgan fingerprint density at radius 2 is 2.06 bits per heavy atom. The molecule has 92 valence electrons. The van der Waals surface area contributed by atoms with Gasteiger partial charge < -0.3 is 10.2 Å². The lowest BCUT2D eigenvalue weighted by Crippen LogP contribution is -2.53. The summed E-state index contributed by atoms with van der Waals surface area (Å²) in [6.45, 7) is 8.31. The van der Waals surface area contributed by atoms with Gasteiger partial charge in [-0.05, 0) is 32.4 Å². The standard InChI is InChI=1S/C12H23N3O/c1-2-6-14-7-9-15(10-8-14)12(16)11-4-3-5-13-11/h11,13H,2-10H2,1H3/t11-/m1/s1. The molecule has 2 rings (SSSR count). The first-order valence-electron chi connectivity index (χ1n) is 6.56. The van der Waals surface area contributed by atoms with Gasteiger partial charge in [-0.2, -0.15) is 0 Å². The van der Waals surface area contributed by atoms with Crippen LogP contribution in [0.2, 0.25) is 0 Å². The number of piperazine rings is 1. The number of hydrogen-bond donors (Lipinski definition) is 1. The fourth-order valence-corrected chi connectivity index (χ4v) is 2.62. The van der Waals surface area contributed by atoms with Crippen molar-refractivity contribution < 1.29 is 4.79 Å². The second-order valence-electron chi connectivity index (χ2n) is 4.82. The van der Waals surface area contributed by atoms with Gasteiger partial charge in [-0.15, -0.1) is 0 Å². The fourth-order valence-electron chi connectivity index (χ4n) is 2.62. The number of nitrogens with one attached hydrogen (secondary N) is 1. The molecule has 0 aromatic heterocycles. The molecular weight excluding hydrogens is 202 g/mol. The van der Waals surface area contributed by atoms with Gasteiger partial charge in [0.2, 0.25) is 5.91 Å². The molecule has 2 saturated heterocycles. The van der Waals surface area contributed by atoms with Crippen LogP contribution in [-0.2, 0) is 4.79 Å². The first kappa shape index (κ1) is 11.9. The molecule has 4 heteroatoms. The highest BCUT2D eigenvalue weighted by Crippen LogP contribution is 2.11. The molecule has 0 radical (unpaired) electrons. The van der Waals surface area contributed by atoms with Gasteiger partial charge in [-0.1, -0.05) is 6.92 Å². The number of amides is 1. The van der Waals surface area contributed by atoms with E-state index in [9.17, 15) is 4.79 Å². The minimum atomic E-state index is 0.109. The van der Waals surface area contributed by atoms with Crippen molar-refractivity contribution in [2.45, 2.75) is 32.2 Å². The molecule has 2 fully saturated rings. The van der Waals surface area contributed by atoms with E-state index in [1.54, 1.807) is 0 Å². The normalized spacial score (nSPS) is 27.3. The number of rotatable bonds is 3. The summed E-state index contributed by atoms with van der Waals surface area (Å²) in [4.78, 5) is 16.6. The van der Waals surface area contributed by atoms with E-state index in [0.717, 1.165) is 45.6 Å². The molecule has 0 saturated carbocycles. The third kappa shape index (κ3) is 2.74. The smallest absolute Gasteiger partial charge is 0.239 e. The van der Waals surface area contributed by atoms with Crippen LogP contribution in [0.15, 0.2) is 0 Å². The first-order chi connectivity index (χ1) is 7.81. The summed E-state index contributed by atoms with van der Waals surface area (Å²) in [6, 6.07) is 0.109. The van der Waals surface area contributed by atoms with Crippen molar-refractivity contribution in [3.05, 3.63) is 0 Å². The second-order valence-corrected chi connectivity index (χ2v) is 4.82. The number of hydrogen-bond acceptors (Lipinski definition) is 3. The maximum Gasteiger partial charge on any atom is 0.239 e. The Kier molecular flexibility index (Phi) is 4.18. The van der Waals surface area contributed by atoms with Crippen molar-refractivity contribution >= 4 is 5.91 Å². The summed E-state index contributed by atoms with van der Waals surface area (Å²) in [6.07, 6.45) is 3.37. The van der Waals surface area contributed by atoms with E-state index in [2.05, 4.69) is 17.1 Å². The van der Waals surface area contributed by atoms with Crippen LogP contribution in [0.3, 0.4) is 0 Å². The van der Waals surface area contributed by atoms with Crippen LogP contribution in [0.4, 0.5) is 0 Å². The monoisotopic (exact) mass is 225 g/mol. The zero-order valence-electron chi connectivity index (χ0n) is 10.2.